The second-order valence-corrected chi connectivity index (χ2v) is 9.69. The van der Waals surface area contributed by atoms with Gasteiger partial charge in [-0.3, -0.25) is 4.68 Å². The molecule has 0 radical (unpaired) electrons. The van der Waals surface area contributed by atoms with Crippen LogP contribution in [0.1, 0.15) is 50.2 Å². The molecule has 2 aromatic rings. The molecule has 6 rings (SSSR count). The predicted octanol–water partition coefficient (Wildman–Crippen LogP) is 1.43. The highest BCUT2D eigenvalue weighted by Crippen LogP contribution is 2.60. The van der Waals surface area contributed by atoms with Crippen LogP contribution in [0.15, 0.2) is 21.8 Å². The molecule has 4 bridgehead atoms. The summed E-state index contributed by atoms with van der Waals surface area (Å²) >= 11 is 0. The van der Waals surface area contributed by atoms with Crippen LogP contribution in [0, 0.1) is 17.8 Å². The van der Waals surface area contributed by atoms with Gasteiger partial charge in [-0.05, 0) is 56.3 Å². The van der Waals surface area contributed by atoms with E-state index in [0.717, 1.165) is 23.6 Å². The van der Waals surface area contributed by atoms with Crippen molar-refractivity contribution in [3.63, 3.8) is 0 Å². The third kappa shape index (κ3) is 2.60. The summed E-state index contributed by atoms with van der Waals surface area (Å²) in [6.07, 6.45) is 10.2. The van der Waals surface area contributed by atoms with Crippen molar-refractivity contribution in [2.75, 3.05) is 0 Å². The maximum absolute atomic E-state index is 11.3. The molecule has 4 aliphatic rings. The lowest BCUT2D eigenvalue weighted by atomic mass is 9.49. The lowest BCUT2D eigenvalue weighted by Gasteiger charge is -2.55. The molecule has 4 saturated carbocycles. The molecule has 0 saturated heterocycles. The number of hydrogen-bond donors (Lipinski definition) is 1. The first kappa shape index (κ1) is 15.5. The normalized spacial score (nSPS) is 33.9. The van der Waals surface area contributed by atoms with Crippen molar-refractivity contribution in [3.05, 3.63) is 24.1 Å². The van der Waals surface area contributed by atoms with Gasteiger partial charge < -0.3 is 4.52 Å². The van der Waals surface area contributed by atoms with Gasteiger partial charge in [0.2, 0.25) is 15.9 Å². The Bertz CT molecular complexity index is 881. The number of aromatic nitrogens is 4. The number of nitrogens with zero attached hydrogens (tertiary/aromatic N) is 4. The average Bonchev–Trinajstić information content (AvgIpc) is 3.15. The number of primary sulfonamides is 1. The van der Waals surface area contributed by atoms with Crippen LogP contribution in [0.2, 0.25) is 0 Å². The maximum Gasteiger partial charge on any atom is 0.248 e. The van der Waals surface area contributed by atoms with E-state index in [1.807, 2.05) is 0 Å². The quantitative estimate of drug-likeness (QED) is 0.878. The average molecular weight is 363 g/mol. The van der Waals surface area contributed by atoms with Gasteiger partial charge in [-0.1, -0.05) is 5.16 Å². The van der Waals surface area contributed by atoms with Gasteiger partial charge in [0.15, 0.2) is 5.82 Å². The third-order valence-corrected chi connectivity index (χ3v) is 7.08. The largest absolute Gasteiger partial charge is 0.337 e. The summed E-state index contributed by atoms with van der Waals surface area (Å²) in [5.74, 6) is 3.74. The standard InChI is InChI=1S/C16H21N5O3S/c17-25(22,23)13-7-18-21(8-13)9-14-19-15(20-24-14)16-4-10-1-11(5-16)3-12(2-10)6-16/h7-8,10-12H,1-6,9H2,(H2,17,22,23). The van der Waals surface area contributed by atoms with Gasteiger partial charge >= 0.3 is 0 Å². The van der Waals surface area contributed by atoms with E-state index in [4.69, 9.17) is 9.66 Å². The van der Waals surface area contributed by atoms with Crippen LogP contribution in [0.25, 0.3) is 0 Å². The topological polar surface area (TPSA) is 117 Å². The molecule has 0 unspecified atom stereocenters. The molecule has 8 nitrogen and oxygen atoms in total. The SMILES string of the molecule is NS(=O)(=O)c1cnn(Cc2nc(C34CC5CC(CC(C5)C3)C4)no2)c1. The Balaban J connectivity index is 1.38. The third-order valence-electron chi connectivity index (χ3n) is 6.22. The van der Waals surface area contributed by atoms with Crippen LogP contribution in [0.5, 0.6) is 0 Å². The summed E-state index contributed by atoms with van der Waals surface area (Å²) in [5.41, 5.74) is 0.0897. The molecular formula is C16H21N5O3S. The zero-order valence-corrected chi connectivity index (χ0v) is 14.7. The molecule has 0 amide bonds. The molecule has 4 aliphatic carbocycles. The second-order valence-electron chi connectivity index (χ2n) is 8.13. The van der Waals surface area contributed by atoms with Gasteiger partial charge in [0, 0.05) is 11.6 Å². The Labute approximate surface area is 145 Å². The number of sulfonamides is 1. The second kappa shape index (κ2) is 5.14. The predicted molar refractivity (Wildman–Crippen MR) is 86.9 cm³/mol. The summed E-state index contributed by atoms with van der Waals surface area (Å²) in [6, 6.07) is 0. The van der Waals surface area contributed by atoms with Crippen LogP contribution in [-0.2, 0) is 22.0 Å². The molecule has 2 aromatic heterocycles. The molecule has 4 fully saturated rings. The van der Waals surface area contributed by atoms with Crippen molar-refractivity contribution in [3.8, 4) is 0 Å². The zero-order valence-electron chi connectivity index (χ0n) is 13.8. The van der Waals surface area contributed by atoms with Crippen molar-refractivity contribution < 1.29 is 12.9 Å². The van der Waals surface area contributed by atoms with Crippen molar-refractivity contribution in [2.45, 2.75) is 55.4 Å². The highest BCUT2D eigenvalue weighted by Gasteiger charge is 2.53. The van der Waals surface area contributed by atoms with Crippen LogP contribution >= 0.6 is 0 Å². The van der Waals surface area contributed by atoms with Crippen molar-refractivity contribution in [2.24, 2.45) is 22.9 Å². The van der Waals surface area contributed by atoms with Crippen molar-refractivity contribution >= 4 is 10.0 Å². The molecule has 9 heteroatoms. The maximum atomic E-state index is 11.3. The van der Waals surface area contributed by atoms with E-state index >= 15 is 0 Å². The van der Waals surface area contributed by atoms with Crippen molar-refractivity contribution in [1.29, 1.82) is 0 Å². The van der Waals surface area contributed by atoms with Crippen LogP contribution < -0.4 is 5.14 Å². The molecule has 0 aromatic carbocycles. The molecule has 0 atom stereocenters. The number of nitrogens with two attached hydrogens (primary N) is 1. The molecule has 2 N–H and O–H groups in total. The summed E-state index contributed by atoms with van der Waals surface area (Å²) < 4.78 is 29.6. The lowest BCUT2D eigenvalue weighted by molar-refractivity contribution is -0.0103. The smallest absolute Gasteiger partial charge is 0.248 e. The van der Waals surface area contributed by atoms with E-state index in [9.17, 15) is 8.42 Å². The Morgan fingerprint density at radius 2 is 1.84 bits per heavy atom. The molecule has 2 heterocycles. The van der Waals surface area contributed by atoms with Crippen molar-refractivity contribution in [1.82, 2.24) is 19.9 Å². The molecule has 0 spiro atoms. The van der Waals surface area contributed by atoms with Gasteiger partial charge in [-0.2, -0.15) is 10.1 Å². The Hall–Kier alpha value is -1.74. The lowest BCUT2D eigenvalue weighted by Crippen LogP contribution is -2.49. The van der Waals surface area contributed by atoms with Crippen LogP contribution in [0.3, 0.4) is 0 Å². The van der Waals surface area contributed by atoms with Gasteiger partial charge in [0.05, 0.1) is 6.20 Å². The van der Waals surface area contributed by atoms with Gasteiger partial charge in [0.25, 0.3) is 0 Å². The Morgan fingerprint density at radius 1 is 1.20 bits per heavy atom. The van der Waals surface area contributed by atoms with Gasteiger partial charge in [-0.25, -0.2) is 13.6 Å². The van der Waals surface area contributed by atoms with Gasteiger partial charge in [-0.15, -0.1) is 0 Å². The van der Waals surface area contributed by atoms with E-state index in [1.165, 1.54) is 55.6 Å². The van der Waals surface area contributed by atoms with E-state index in [0.29, 0.717) is 5.89 Å². The minimum atomic E-state index is -3.75. The van der Waals surface area contributed by atoms with E-state index < -0.39 is 10.0 Å². The van der Waals surface area contributed by atoms with E-state index in [1.54, 1.807) is 0 Å². The summed E-state index contributed by atoms with van der Waals surface area (Å²) in [6.45, 7) is 0.245. The first-order chi connectivity index (χ1) is 11.9. The first-order valence-electron chi connectivity index (χ1n) is 8.78. The monoisotopic (exact) mass is 363 g/mol. The van der Waals surface area contributed by atoms with Crippen LogP contribution in [-0.4, -0.2) is 28.3 Å². The Morgan fingerprint density at radius 3 is 2.40 bits per heavy atom. The molecule has 25 heavy (non-hydrogen) atoms. The fourth-order valence-corrected chi connectivity index (χ4v) is 6.10. The highest BCUT2D eigenvalue weighted by molar-refractivity contribution is 7.89. The van der Waals surface area contributed by atoms with E-state index in [2.05, 4.69) is 15.2 Å². The summed E-state index contributed by atoms with van der Waals surface area (Å²) in [4.78, 5) is 4.63. The number of rotatable bonds is 4. The fourth-order valence-electron chi connectivity index (χ4n) is 5.64. The summed E-state index contributed by atoms with van der Waals surface area (Å²) in [7, 11) is -3.75. The molecule has 134 valence electrons. The van der Waals surface area contributed by atoms with Gasteiger partial charge in [0.1, 0.15) is 11.4 Å². The minimum Gasteiger partial charge on any atom is -0.337 e. The summed E-state index contributed by atoms with van der Waals surface area (Å²) in [5, 5.41) is 13.4. The first-order valence-corrected chi connectivity index (χ1v) is 10.3. The molecular weight excluding hydrogens is 342 g/mol. The van der Waals surface area contributed by atoms with Crippen LogP contribution in [0.4, 0.5) is 0 Å². The Kier molecular flexibility index (Phi) is 3.19. The van der Waals surface area contributed by atoms with E-state index in [-0.39, 0.29) is 16.9 Å². The minimum absolute atomic E-state index is 0.0201. The fraction of sp³-hybridized carbons (Fsp3) is 0.688. The molecule has 0 aliphatic heterocycles. The zero-order chi connectivity index (χ0) is 17.2. The number of hydrogen-bond acceptors (Lipinski definition) is 6. The highest BCUT2D eigenvalue weighted by atomic mass is 32.2.